The van der Waals surface area contributed by atoms with Gasteiger partial charge in [-0.15, -0.1) is 0 Å². The van der Waals surface area contributed by atoms with Gasteiger partial charge in [-0.05, 0) is 49.1 Å². The maximum Gasteiger partial charge on any atom is 0.308 e. The second kappa shape index (κ2) is 7.57. The minimum atomic E-state index is -0.764. The Kier molecular flexibility index (Phi) is 5.13. The zero-order valence-corrected chi connectivity index (χ0v) is 16.8. The van der Waals surface area contributed by atoms with Gasteiger partial charge >= 0.3 is 5.97 Å². The van der Waals surface area contributed by atoms with Gasteiger partial charge in [0.05, 0.1) is 26.9 Å². The molecule has 1 aliphatic heterocycles. The van der Waals surface area contributed by atoms with E-state index in [0.717, 1.165) is 34.3 Å². The van der Waals surface area contributed by atoms with E-state index in [-0.39, 0.29) is 6.04 Å². The Morgan fingerprint density at radius 2 is 1.96 bits per heavy atom. The van der Waals surface area contributed by atoms with Crippen molar-refractivity contribution >= 4 is 45.9 Å². The number of aliphatic carboxylic acids is 1. The van der Waals surface area contributed by atoms with Crippen molar-refractivity contribution in [3.8, 4) is 11.1 Å². The van der Waals surface area contributed by atoms with Crippen LogP contribution >= 0.6 is 23.2 Å². The van der Waals surface area contributed by atoms with E-state index in [1.165, 1.54) is 6.33 Å². The molecule has 0 aliphatic carbocycles. The molecule has 0 saturated carbocycles. The van der Waals surface area contributed by atoms with Gasteiger partial charge in [0.15, 0.2) is 0 Å². The van der Waals surface area contributed by atoms with Gasteiger partial charge in [-0.1, -0.05) is 41.4 Å². The molecular formula is C21H19Cl2N3O2. The highest BCUT2D eigenvalue weighted by atomic mass is 35.5. The topological polar surface area (TPSA) is 66.3 Å². The Balaban J connectivity index is 1.90. The van der Waals surface area contributed by atoms with Crippen molar-refractivity contribution in [1.29, 1.82) is 0 Å². The number of carboxylic acid groups (broad SMARTS) is 1. The molecule has 2 heterocycles. The normalized spacial score (nSPS) is 19.8. The van der Waals surface area contributed by atoms with Crippen LogP contribution in [-0.2, 0) is 4.79 Å². The van der Waals surface area contributed by atoms with Crippen molar-refractivity contribution in [3.63, 3.8) is 0 Å². The number of nitrogens with zero attached hydrogens (tertiary/aromatic N) is 3. The molecule has 1 N–H and O–H groups in total. The summed E-state index contributed by atoms with van der Waals surface area (Å²) in [5, 5.41) is 11.4. The first-order chi connectivity index (χ1) is 13.5. The third-order valence-electron chi connectivity index (χ3n) is 5.38. The van der Waals surface area contributed by atoms with Crippen LogP contribution in [0.3, 0.4) is 0 Å². The number of rotatable bonds is 3. The van der Waals surface area contributed by atoms with E-state index in [9.17, 15) is 9.90 Å². The predicted octanol–water partition coefficient (Wildman–Crippen LogP) is 5.29. The fraction of sp³-hybridized carbons (Fsp3) is 0.286. The highest BCUT2D eigenvalue weighted by Crippen LogP contribution is 2.38. The van der Waals surface area contributed by atoms with Gasteiger partial charge in [0.1, 0.15) is 12.1 Å². The molecule has 4 rings (SSSR count). The zero-order chi connectivity index (χ0) is 19.8. The molecule has 144 valence electrons. The Morgan fingerprint density at radius 1 is 1.14 bits per heavy atom. The maximum atomic E-state index is 11.6. The number of anilines is 1. The summed E-state index contributed by atoms with van der Waals surface area (Å²) in [6, 6.07) is 11.6. The van der Waals surface area contributed by atoms with Crippen LogP contribution in [0.4, 0.5) is 5.82 Å². The summed E-state index contributed by atoms with van der Waals surface area (Å²) in [6.07, 6.45) is 3.01. The van der Waals surface area contributed by atoms with Crippen LogP contribution in [-0.4, -0.2) is 33.6 Å². The fourth-order valence-electron chi connectivity index (χ4n) is 3.82. The van der Waals surface area contributed by atoms with Gasteiger partial charge in [0.25, 0.3) is 0 Å². The van der Waals surface area contributed by atoms with Gasteiger partial charge in [0.2, 0.25) is 0 Å². The Hall–Kier alpha value is -2.37. The molecule has 0 radical (unpaired) electrons. The maximum absolute atomic E-state index is 11.6. The fourth-order valence-corrected chi connectivity index (χ4v) is 4.12. The molecule has 1 aliphatic rings. The Morgan fingerprint density at radius 3 is 2.71 bits per heavy atom. The van der Waals surface area contributed by atoms with Crippen molar-refractivity contribution in [2.24, 2.45) is 5.92 Å². The van der Waals surface area contributed by atoms with E-state index in [0.29, 0.717) is 23.0 Å². The van der Waals surface area contributed by atoms with Gasteiger partial charge in [-0.3, -0.25) is 4.79 Å². The average molecular weight is 416 g/mol. The molecule has 0 spiro atoms. The highest BCUT2D eigenvalue weighted by Gasteiger charge is 2.31. The first-order valence-corrected chi connectivity index (χ1v) is 9.90. The summed E-state index contributed by atoms with van der Waals surface area (Å²) < 4.78 is 0. The first kappa shape index (κ1) is 19.0. The summed E-state index contributed by atoms with van der Waals surface area (Å²) in [5.74, 6) is -0.413. The summed E-state index contributed by atoms with van der Waals surface area (Å²) in [4.78, 5) is 22.7. The van der Waals surface area contributed by atoms with Gasteiger partial charge in [-0.2, -0.15) is 0 Å². The lowest BCUT2D eigenvalue weighted by molar-refractivity contribution is -0.142. The second-order valence-corrected chi connectivity index (χ2v) is 7.95. The van der Waals surface area contributed by atoms with Crippen LogP contribution < -0.4 is 4.90 Å². The highest BCUT2D eigenvalue weighted by molar-refractivity contribution is 6.42. The summed E-state index contributed by atoms with van der Waals surface area (Å²) in [6.45, 7) is 2.53. The minimum absolute atomic E-state index is 0.190. The van der Waals surface area contributed by atoms with E-state index in [1.807, 2.05) is 30.3 Å². The molecule has 5 nitrogen and oxygen atoms in total. The van der Waals surface area contributed by atoms with Crippen LogP contribution in [0.1, 0.15) is 19.8 Å². The molecule has 0 amide bonds. The van der Waals surface area contributed by atoms with Crippen LogP contribution in [0.25, 0.3) is 22.0 Å². The number of aromatic nitrogens is 2. The second-order valence-electron chi connectivity index (χ2n) is 7.14. The summed E-state index contributed by atoms with van der Waals surface area (Å²) >= 11 is 12.3. The molecule has 2 unspecified atom stereocenters. The molecular weight excluding hydrogens is 397 g/mol. The molecule has 2 atom stereocenters. The SMILES string of the molecule is CC1CCC(C(=O)O)CN1c1ncnc2cccc(-c3ccc(Cl)c(Cl)c3)c12. The molecule has 1 saturated heterocycles. The van der Waals surface area contributed by atoms with E-state index in [4.69, 9.17) is 23.2 Å². The Bertz CT molecular complexity index is 1050. The number of hydrogen-bond donors (Lipinski definition) is 1. The Labute approximate surface area is 172 Å². The molecule has 28 heavy (non-hydrogen) atoms. The lowest BCUT2D eigenvalue weighted by Crippen LogP contribution is -2.44. The number of carbonyl (C=O) groups is 1. The van der Waals surface area contributed by atoms with Gasteiger partial charge < -0.3 is 10.0 Å². The van der Waals surface area contributed by atoms with E-state index < -0.39 is 11.9 Å². The van der Waals surface area contributed by atoms with Crippen LogP contribution in [0, 0.1) is 5.92 Å². The lowest BCUT2D eigenvalue weighted by atomic mass is 9.92. The van der Waals surface area contributed by atoms with Crippen LogP contribution in [0.5, 0.6) is 0 Å². The summed E-state index contributed by atoms with van der Waals surface area (Å²) in [5.41, 5.74) is 2.66. The van der Waals surface area contributed by atoms with Crippen LogP contribution in [0.2, 0.25) is 10.0 Å². The first-order valence-electron chi connectivity index (χ1n) is 9.14. The van der Waals surface area contributed by atoms with Gasteiger partial charge in [-0.25, -0.2) is 9.97 Å². The zero-order valence-electron chi connectivity index (χ0n) is 15.3. The lowest BCUT2D eigenvalue weighted by Gasteiger charge is -2.38. The largest absolute Gasteiger partial charge is 0.481 e. The quantitative estimate of drug-likeness (QED) is 0.628. The minimum Gasteiger partial charge on any atom is -0.481 e. The predicted molar refractivity (Wildman–Crippen MR) is 112 cm³/mol. The van der Waals surface area contributed by atoms with Crippen molar-refractivity contribution in [3.05, 3.63) is 52.8 Å². The number of carboxylic acids is 1. The number of piperidine rings is 1. The molecule has 1 fully saturated rings. The number of fused-ring (bicyclic) bond motifs is 1. The number of hydrogen-bond acceptors (Lipinski definition) is 4. The van der Waals surface area contributed by atoms with Crippen LogP contribution in [0.15, 0.2) is 42.7 Å². The number of halogens is 2. The molecule has 7 heteroatoms. The molecule has 1 aromatic heterocycles. The summed E-state index contributed by atoms with van der Waals surface area (Å²) in [7, 11) is 0. The number of benzene rings is 2. The van der Waals surface area contributed by atoms with E-state index in [2.05, 4.69) is 21.8 Å². The smallest absolute Gasteiger partial charge is 0.308 e. The van der Waals surface area contributed by atoms with Crippen molar-refractivity contribution in [2.75, 3.05) is 11.4 Å². The third-order valence-corrected chi connectivity index (χ3v) is 6.12. The standard InChI is InChI=1S/C21H19Cl2N3O2/c1-12-5-6-14(21(27)28)10-26(12)20-19-15(3-2-4-18(19)24-11-25-20)13-7-8-16(22)17(23)9-13/h2-4,7-9,11-12,14H,5-6,10H2,1H3,(H,27,28). The average Bonchev–Trinajstić information content (AvgIpc) is 2.69. The monoisotopic (exact) mass is 415 g/mol. The third kappa shape index (κ3) is 3.40. The molecule has 3 aromatic rings. The van der Waals surface area contributed by atoms with Crippen molar-refractivity contribution in [1.82, 2.24) is 9.97 Å². The van der Waals surface area contributed by atoms with Gasteiger partial charge in [0, 0.05) is 12.6 Å². The van der Waals surface area contributed by atoms with Crippen molar-refractivity contribution < 1.29 is 9.90 Å². The van der Waals surface area contributed by atoms with Crippen molar-refractivity contribution in [2.45, 2.75) is 25.8 Å². The molecule has 2 aromatic carbocycles. The van der Waals surface area contributed by atoms with E-state index in [1.54, 1.807) is 6.07 Å². The molecule has 0 bridgehead atoms. The van der Waals surface area contributed by atoms with E-state index >= 15 is 0 Å².